The van der Waals surface area contributed by atoms with Gasteiger partial charge >= 0.3 is 0 Å². The fraction of sp³-hybridized carbons (Fsp3) is 0.375. The van der Waals surface area contributed by atoms with Crippen LogP contribution in [-0.4, -0.2) is 49.9 Å². The van der Waals surface area contributed by atoms with Gasteiger partial charge in [0.25, 0.3) is 10.0 Å². The van der Waals surface area contributed by atoms with Gasteiger partial charge in [0.15, 0.2) is 0 Å². The molecule has 0 saturated carbocycles. The second-order valence-electron chi connectivity index (χ2n) is 10.9. The average molecular weight is 580 g/mol. The minimum absolute atomic E-state index is 0.0595. The predicted octanol–water partition coefficient (Wildman–Crippen LogP) is 5.31. The van der Waals surface area contributed by atoms with Crippen molar-refractivity contribution in [3.05, 3.63) is 90.0 Å². The number of carbonyl (C=O) groups excluding carboxylic acids is 2. The van der Waals surface area contributed by atoms with E-state index in [0.29, 0.717) is 24.5 Å². The molecule has 220 valence electrons. The first-order chi connectivity index (χ1) is 19.4. The molecule has 3 aromatic rings. The van der Waals surface area contributed by atoms with Gasteiger partial charge < -0.3 is 15.0 Å². The van der Waals surface area contributed by atoms with Gasteiger partial charge in [-0.15, -0.1) is 0 Å². The Morgan fingerprint density at radius 3 is 2.05 bits per heavy atom. The van der Waals surface area contributed by atoms with Gasteiger partial charge in [-0.1, -0.05) is 55.0 Å². The minimum Gasteiger partial charge on any atom is -0.494 e. The fourth-order valence-electron chi connectivity index (χ4n) is 4.39. The van der Waals surface area contributed by atoms with Gasteiger partial charge in [0.2, 0.25) is 11.8 Å². The van der Waals surface area contributed by atoms with Crippen LogP contribution in [0.2, 0.25) is 0 Å². The molecule has 2 amide bonds. The van der Waals surface area contributed by atoms with Gasteiger partial charge in [0.05, 0.1) is 17.2 Å². The smallest absolute Gasteiger partial charge is 0.264 e. The molecule has 0 bridgehead atoms. The van der Waals surface area contributed by atoms with Crippen molar-refractivity contribution in [1.29, 1.82) is 0 Å². The zero-order chi connectivity index (χ0) is 30.2. The van der Waals surface area contributed by atoms with E-state index in [1.807, 2.05) is 65.8 Å². The molecule has 1 N–H and O–H groups in total. The zero-order valence-corrected chi connectivity index (χ0v) is 25.6. The molecule has 0 heterocycles. The summed E-state index contributed by atoms with van der Waals surface area (Å²) in [6.07, 6.45) is 0.355. The number of rotatable bonds is 12. The normalized spacial score (nSPS) is 12.3. The van der Waals surface area contributed by atoms with E-state index in [-0.39, 0.29) is 17.3 Å². The molecule has 41 heavy (non-hydrogen) atoms. The minimum atomic E-state index is -4.12. The summed E-state index contributed by atoms with van der Waals surface area (Å²) in [4.78, 5) is 29.1. The summed E-state index contributed by atoms with van der Waals surface area (Å²) in [6.45, 7) is 11.4. The van der Waals surface area contributed by atoms with Crippen LogP contribution < -0.4 is 14.4 Å². The first kappa shape index (κ1) is 31.7. The van der Waals surface area contributed by atoms with E-state index in [2.05, 4.69) is 5.32 Å². The summed E-state index contributed by atoms with van der Waals surface area (Å²) in [5.41, 5.74) is 1.71. The Kier molecular flexibility index (Phi) is 10.6. The Labute approximate surface area is 244 Å². The number of benzene rings is 3. The lowest BCUT2D eigenvalue weighted by Gasteiger charge is -2.34. The largest absolute Gasteiger partial charge is 0.494 e. The van der Waals surface area contributed by atoms with Crippen LogP contribution in [0.25, 0.3) is 0 Å². The van der Waals surface area contributed by atoms with Gasteiger partial charge in [0, 0.05) is 12.1 Å². The van der Waals surface area contributed by atoms with Gasteiger partial charge in [-0.25, -0.2) is 8.42 Å². The lowest BCUT2D eigenvalue weighted by Crippen LogP contribution is -2.55. The van der Waals surface area contributed by atoms with Gasteiger partial charge in [-0.05, 0) is 83.0 Å². The Bertz CT molecular complexity index is 1400. The van der Waals surface area contributed by atoms with Crippen LogP contribution in [0, 0.1) is 6.92 Å². The van der Waals surface area contributed by atoms with Crippen LogP contribution in [0.3, 0.4) is 0 Å². The third-order valence-electron chi connectivity index (χ3n) is 6.40. The van der Waals surface area contributed by atoms with Crippen LogP contribution in [0.5, 0.6) is 5.75 Å². The quantitative estimate of drug-likeness (QED) is 0.314. The summed E-state index contributed by atoms with van der Waals surface area (Å²) in [5, 5.41) is 2.98. The summed E-state index contributed by atoms with van der Waals surface area (Å²) in [6, 6.07) is 21.5. The van der Waals surface area contributed by atoms with Crippen LogP contribution in [0.1, 0.15) is 52.2 Å². The Morgan fingerprint density at radius 2 is 1.51 bits per heavy atom. The van der Waals surface area contributed by atoms with Crippen molar-refractivity contribution in [3.8, 4) is 5.75 Å². The predicted molar refractivity (Wildman–Crippen MR) is 162 cm³/mol. The fourth-order valence-corrected chi connectivity index (χ4v) is 5.82. The van der Waals surface area contributed by atoms with E-state index in [1.54, 1.807) is 42.5 Å². The van der Waals surface area contributed by atoms with Crippen LogP contribution >= 0.6 is 0 Å². The highest BCUT2D eigenvalue weighted by molar-refractivity contribution is 7.92. The first-order valence-corrected chi connectivity index (χ1v) is 15.3. The summed E-state index contributed by atoms with van der Waals surface area (Å²) in [5.74, 6) is -0.195. The van der Waals surface area contributed by atoms with Crippen LogP contribution in [0.15, 0.2) is 83.8 Å². The number of nitrogens with zero attached hydrogens (tertiary/aromatic N) is 2. The molecule has 1 unspecified atom stereocenters. The number of sulfonamides is 1. The molecule has 0 aromatic heterocycles. The molecule has 0 saturated heterocycles. The third kappa shape index (κ3) is 8.57. The van der Waals surface area contributed by atoms with E-state index < -0.39 is 34.1 Å². The lowest BCUT2D eigenvalue weighted by atomic mass is 10.1. The molecule has 0 aliphatic rings. The van der Waals surface area contributed by atoms with Crippen molar-refractivity contribution in [1.82, 2.24) is 10.2 Å². The molecule has 0 fully saturated rings. The van der Waals surface area contributed by atoms with Crippen molar-refractivity contribution in [2.45, 2.75) is 71.0 Å². The van der Waals surface area contributed by atoms with Crippen molar-refractivity contribution in [2.24, 2.45) is 0 Å². The second-order valence-corrected chi connectivity index (χ2v) is 12.8. The maximum absolute atomic E-state index is 14.1. The van der Waals surface area contributed by atoms with Crippen molar-refractivity contribution < 1.29 is 22.7 Å². The van der Waals surface area contributed by atoms with E-state index in [9.17, 15) is 18.0 Å². The highest BCUT2D eigenvalue weighted by Crippen LogP contribution is 2.27. The highest BCUT2D eigenvalue weighted by Gasteiger charge is 2.34. The average Bonchev–Trinajstić information content (AvgIpc) is 2.92. The first-order valence-electron chi connectivity index (χ1n) is 13.8. The number of hydrogen-bond acceptors (Lipinski definition) is 5. The summed E-state index contributed by atoms with van der Waals surface area (Å²) in [7, 11) is -4.12. The van der Waals surface area contributed by atoms with E-state index in [4.69, 9.17) is 4.74 Å². The topological polar surface area (TPSA) is 96.0 Å². The number of hydrogen-bond donors (Lipinski definition) is 1. The number of amides is 2. The van der Waals surface area contributed by atoms with Crippen LogP contribution in [-0.2, 0) is 26.2 Å². The SMILES string of the molecule is CCOc1ccc(N(CC(=O)N(Cc2ccc(C)cc2)C(CC)C(=O)NC(C)(C)C)S(=O)(=O)c2ccccc2)cc1. The monoisotopic (exact) mass is 579 g/mol. The molecule has 3 rings (SSSR count). The molecule has 0 radical (unpaired) electrons. The second kappa shape index (κ2) is 13.7. The van der Waals surface area contributed by atoms with Crippen LogP contribution in [0.4, 0.5) is 5.69 Å². The third-order valence-corrected chi connectivity index (χ3v) is 8.19. The van der Waals surface area contributed by atoms with Gasteiger partial charge in [0.1, 0.15) is 18.3 Å². The van der Waals surface area contributed by atoms with Gasteiger partial charge in [-0.2, -0.15) is 0 Å². The zero-order valence-electron chi connectivity index (χ0n) is 24.8. The molecule has 1 atom stereocenters. The molecule has 8 nitrogen and oxygen atoms in total. The van der Waals surface area contributed by atoms with Gasteiger partial charge in [-0.3, -0.25) is 13.9 Å². The maximum atomic E-state index is 14.1. The number of ether oxygens (including phenoxy) is 1. The van der Waals surface area contributed by atoms with E-state index in [0.717, 1.165) is 15.4 Å². The molecular weight excluding hydrogens is 538 g/mol. The lowest BCUT2D eigenvalue weighted by molar-refractivity contribution is -0.141. The van der Waals surface area contributed by atoms with Crippen molar-refractivity contribution in [3.63, 3.8) is 0 Å². The molecular formula is C32H41N3O5S. The molecule has 0 aliphatic heterocycles. The Hall–Kier alpha value is -3.85. The number of nitrogens with one attached hydrogen (secondary N) is 1. The molecule has 0 aliphatic carbocycles. The van der Waals surface area contributed by atoms with E-state index in [1.165, 1.54) is 17.0 Å². The molecule has 9 heteroatoms. The van der Waals surface area contributed by atoms with Crippen molar-refractivity contribution in [2.75, 3.05) is 17.5 Å². The number of carbonyl (C=O) groups is 2. The number of aryl methyl sites for hydroxylation is 1. The molecule has 3 aromatic carbocycles. The van der Waals surface area contributed by atoms with Crippen molar-refractivity contribution >= 4 is 27.5 Å². The summed E-state index contributed by atoms with van der Waals surface area (Å²) < 4.78 is 34.4. The number of anilines is 1. The highest BCUT2D eigenvalue weighted by atomic mass is 32.2. The Morgan fingerprint density at radius 1 is 0.902 bits per heavy atom. The Balaban J connectivity index is 2.05. The maximum Gasteiger partial charge on any atom is 0.264 e. The standard InChI is InChI=1S/C32H41N3O5S/c1-7-29(31(37)33-32(4,5)6)34(22-25-16-14-24(3)15-17-25)30(36)23-35(26-18-20-27(21-19-26)40-8-2)41(38,39)28-12-10-9-11-13-28/h9-21,29H,7-8,22-23H2,1-6H3,(H,33,37). The van der Waals surface area contributed by atoms with E-state index >= 15 is 0 Å². The summed E-state index contributed by atoms with van der Waals surface area (Å²) >= 11 is 0. The molecule has 0 spiro atoms.